The molecule has 8 nitrogen and oxygen atoms in total. The Morgan fingerprint density at radius 2 is 1.79 bits per heavy atom. The molecule has 1 aliphatic rings. The fourth-order valence-corrected chi connectivity index (χ4v) is 4.27. The van der Waals surface area contributed by atoms with Crippen LogP contribution < -0.4 is 5.32 Å². The van der Waals surface area contributed by atoms with Gasteiger partial charge >= 0.3 is 5.97 Å². The summed E-state index contributed by atoms with van der Waals surface area (Å²) < 4.78 is 36.6. The van der Waals surface area contributed by atoms with Crippen molar-refractivity contribution in [2.24, 2.45) is 0 Å². The van der Waals surface area contributed by atoms with Gasteiger partial charge in [0.2, 0.25) is 10.0 Å². The Morgan fingerprint density at radius 3 is 2.45 bits per heavy atom. The molecule has 2 aromatic carbocycles. The summed E-state index contributed by atoms with van der Waals surface area (Å²) in [5.41, 5.74) is 0.623. The quantitative estimate of drug-likeness (QED) is 0.693. The lowest BCUT2D eigenvalue weighted by Crippen LogP contribution is -2.40. The van der Waals surface area contributed by atoms with Gasteiger partial charge < -0.3 is 14.8 Å². The normalized spacial score (nSPS) is 14.9. The lowest BCUT2D eigenvalue weighted by molar-refractivity contribution is -0.119. The first-order valence-corrected chi connectivity index (χ1v) is 10.6. The molecule has 0 atom stereocenters. The van der Waals surface area contributed by atoms with E-state index in [2.05, 4.69) is 5.32 Å². The van der Waals surface area contributed by atoms with E-state index in [9.17, 15) is 18.0 Å². The second-order valence-corrected chi connectivity index (χ2v) is 8.55. The van der Waals surface area contributed by atoms with E-state index in [0.717, 1.165) is 0 Å². The van der Waals surface area contributed by atoms with Crippen molar-refractivity contribution < 1.29 is 27.5 Å². The van der Waals surface area contributed by atoms with Crippen molar-refractivity contribution in [3.8, 4) is 0 Å². The van der Waals surface area contributed by atoms with Crippen LogP contribution in [0.2, 0.25) is 5.02 Å². The number of nitrogens with one attached hydrogen (secondary N) is 1. The molecule has 1 aliphatic heterocycles. The topological polar surface area (TPSA) is 102 Å². The largest absolute Gasteiger partial charge is 0.452 e. The number of hydrogen-bond acceptors (Lipinski definition) is 6. The van der Waals surface area contributed by atoms with Crippen molar-refractivity contribution >= 4 is 39.2 Å². The van der Waals surface area contributed by atoms with Crippen LogP contribution in [0, 0.1) is 0 Å². The van der Waals surface area contributed by atoms with Gasteiger partial charge in [0.1, 0.15) is 0 Å². The molecule has 1 saturated heterocycles. The van der Waals surface area contributed by atoms with Gasteiger partial charge in [-0.25, -0.2) is 13.2 Å². The number of rotatable bonds is 6. The Kier molecular flexibility index (Phi) is 6.86. The maximum absolute atomic E-state index is 12.6. The fourth-order valence-electron chi connectivity index (χ4n) is 2.68. The lowest BCUT2D eigenvalue weighted by atomic mass is 10.2. The minimum Gasteiger partial charge on any atom is -0.452 e. The zero-order valence-electron chi connectivity index (χ0n) is 15.3. The number of halogens is 1. The highest BCUT2D eigenvalue weighted by Gasteiger charge is 2.26. The molecule has 2 aromatic rings. The molecule has 0 saturated carbocycles. The average molecular weight is 439 g/mol. The van der Waals surface area contributed by atoms with Gasteiger partial charge in [-0.2, -0.15) is 4.31 Å². The maximum atomic E-state index is 12.6. The van der Waals surface area contributed by atoms with Crippen LogP contribution in [0.15, 0.2) is 53.4 Å². The van der Waals surface area contributed by atoms with Gasteiger partial charge in [0.15, 0.2) is 6.61 Å². The first-order chi connectivity index (χ1) is 13.9. The van der Waals surface area contributed by atoms with Gasteiger partial charge in [0.05, 0.1) is 23.7 Å². The van der Waals surface area contributed by atoms with E-state index in [-0.39, 0.29) is 23.5 Å². The van der Waals surface area contributed by atoms with E-state index in [1.165, 1.54) is 28.6 Å². The minimum absolute atomic E-state index is 0.0784. The molecule has 0 spiro atoms. The third kappa shape index (κ3) is 5.54. The van der Waals surface area contributed by atoms with Crippen LogP contribution in [0.4, 0.5) is 5.69 Å². The van der Waals surface area contributed by atoms with Crippen LogP contribution in [-0.4, -0.2) is 57.5 Å². The molecule has 0 bridgehead atoms. The highest BCUT2D eigenvalue weighted by Crippen LogP contribution is 2.18. The summed E-state index contributed by atoms with van der Waals surface area (Å²) in [7, 11) is -3.64. The molecule has 1 heterocycles. The summed E-state index contributed by atoms with van der Waals surface area (Å²) >= 11 is 5.84. The van der Waals surface area contributed by atoms with Crippen molar-refractivity contribution in [1.29, 1.82) is 0 Å². The van der Waals surface area contributed by atoms with Gasteiger partial charge in [0.25, 0.3) is 5.91 Å². The van der Waals surface area contributed by atoms with Crippen LogP contribution in [0.5, 0.6) is 0 Å². The summed E-state index contributed by atoms with van der Waals surface area (Å²) in [6.07, 6.45) is 0. The number of hydrogen-bond donors (Lipinski definition) is 1. The molecule has 0 aromatic heterocycles. The number of morpholine rings is 1. The molecular weight excluding hydrogens is 420 g/mol. The number of esters is 1. The number of ether oxygens (including phenoxy) is 2. The first-order valence-electron chi connectivity index (χ1n) is 8.77. The molecule has 0 unspecified atom stereocenters. The third-order valence-electron chi connectivity index (χ3n) is 4.14. The molecule has 0 aliphatic carbocycles. The Morgan fingerprint density at radius 1 is 1.10 bits per heavy atom. The van der Waals surface area contributed by atoms with Gasteiger partial charge in [-0.1, -0.05) is 17.7 Å². The van der Waals surface area contributed by atoms with E-state index < -0.39 is 28.5 Å². The predicted octanol–water partition coefficient (Wildman–Crippen LogP) is 2.16. The molecular formula is C19H19ClN2O6S. The molecule has 1 amide bonds. The predicted molar refractivity (Wildman–Crippen MR) is 106 cm³/mol. The Balaban J connectivity index is 1.56. The highest BCUT2D eigenvalue weighted by molar-refractivity contribution is 7.89. The molecule has 1 N–H and O–H groups in total. The number of nitrogens with zero attached hydrogens (tertiary/aromatic N) is 1. The van der Waals surface area contributed by atoms with E-state index >= 15 is 0 Å². The fraction of sp³-hybridized carbons (Fsp3) is 0.263. The summed E-state index contributed by atoms with van der Waals surface area (Å²) in [5.74, 6) is -1.26. The zero-order chi connectivity index (χ0) is 20.9. The Bertz CT molecular complexity index is 988. The van der Waals surface area contributed by atoms with Gasteiger partial charge in [-0.3, -0.25) is 4.79 Å². The summed E-state index contributed by atoms with van der Waals surface area (Å²) in [6, 6.07) is 11.9. The molecule has 29 heavy (non-hydrogen) atoms. The Labute approximate surface area is 173 Å². The van der Waals surface area contributed by atoms with E-state index in [4.69, 9.17) is 21.1 Å². The molecule has 10 heteroatoms. The number of sulfonamides is 1. The molecule has 3 rings (SSSR count). The average Bonchev–Trinajstić information content (AvgIpc) is 2.73. The van der Waals surface area contributed by atoms with Gasteiger partial charge in [0, 0.05) is 23.8 Å². The van der Waals surface area contributed by atoms with Gasteiger partial charge in [-0.15, -0.1) is 0 Å². The SMILES string of the molecule is O=C(COC(=O)c1ccc(S(=O)(=O)N2CCOCC2)cc1)Nc1cccc(Cl)c1. The van der Waals surface area contributed by atoms with E-state index in [1.807, 2.05) is 0 Å². The van der Waals surface area contributed by atoms with Crippen LogP contribution >= 0.6 is 11.6 Å². The van der Waals surface area contributed by atoms with Crippen molar-refractivity contribution in [1.82, 2.24) is 4.31 Å². The van der Waals surface area contributed by atoms with Crippen LogP contribution in [0.3, 0.4) is 0 Å². The number of carbonyl (C=O) groups excluding carboxylic acids is 2. The second kappa shape index (κ2) is 9.36. The van der Waals surface area contributed by atoms with E-state index in [1.54, 1.807) is 24.3 Å². The van der Waals surface area contributed by atoms with Crippen molar-refractivity contribution in [2.75, 3.05) is 38.2 Å². The second-order valence-electron chi connectivity index (χ2n) is 6.18. The van der Waals surface area contributed by atoms with Crippen molar-refractivity contribution in [3.05, 3.63) is 59.1 Å². The molecule has 0 radical (unpaired) electrons. The van der Waals surface area contributed by atoms with Crippen molar-refractivity contribution in [3.63, 3.8) is 0 Å². The smallest absolute Gasteiger partial charge is 0.338 e. The minimum atomic E-state index is -3.64. The van der Waals surface area contributed by atoms with Crippen LogP contribution in [0.25, 0.3) is 0 Å². The van der Waals surface area contributed by atoms with Crippen LogP contribution in [-0.2, 0) is 24.3 Å². The lowest BCUT2D eigenvalue weighted by Gasteiger charge is -2.26. The zero-order valence-corrected chi connectivity index (χ0v) is 16.9. The maximum Gasteiger partial charge on any atom is 0.338 e. The Hall–Kier alpha value is -2.46. The standard InChI is InChI=1S/C19H19ClN2O6S/c20-15-2-1-3-16(12-15)21-18(23)13-28-19(24)14-4-6-17(7-5-14)29(25,26)22-8-10-27-11-9-22/h1-7,12H,8-11,13H2,(H,21,23). The van der Waals surface area contributed by atoms with Gasteiger partial charge in [-0.05, 0) is 42.5 Å². The number of amides is 1. The third-order valence-corrected chi connectivity index (χ3v) is 6.29. The van der Waals surface area contributed by atoms with Crippen molar-refractivity contribution in [2.45, 2.75) is 4.90 Å². The number of anilines is 1. The monoisotopic (exact) mass is 438 g/mol. The summed E-state index contributed by atoms with van der Waals surface area (Å²) in [6.45, 7) is 0.780. The summed E-state index contributed by atoms with van der Waals surface area (Å²) in [5, 5.41) is 3.02. The first kappa shape index (κ1) is 21.3. The van der Waals surface area contributed by atoms with E-state index in [0.29, 0.717) is 23.9 Å². The highest BCUT2D eigenvalue weighted by atomic mass is 35.5. The molecule has 154 valence electrons. The molecule has 1 fully saturated rings. The number of benzene rings is 2. The van der Waals surface area contributed by atoms with Crippen LogP contribution in [0.1, 0.15) is 10.4 Å². The summed E-state index contributed by atoms with van der Waals surface area (Å²) in [4.78, 5) is 24.1. The number of carbonyl (C=O) groups is 2.